The van der Waals surface area contributed by atoms with Gasteiger partial charge in [0.05, 0.1) is 5.52 Å². The molecule has 1 aromatic heterocycles. The molecule has 2 aromatic rings. The molecule has 1 amide bonds. The molecule has 0 aliphatic carbocycles. The van der Waals surface area contributed by atoms with E-state index in [2.05, 4.69) is 46.4 Å². The van der Waals surface area contributed by atoms with Crippen LogP contribution in [-0.4, -0.2) is 47.1 Å². The molecule has 2 unspecified atom stereocenters. The molecule has 3 atom stereocenters. The fourth-order valence-corrected chi connectivity index (χ4v) is 5.55. The Bertz CT molecular complexity index is 1190. The average Bonchev–Trinajstić information content (AvgIpc) is 3.22. The van der Waals surface area contributed by atoms with Crippen molar-refractivity contribution in [1.29, 1.82) is 0 Å². The molecule has 6 nitrogen and oxygen atoms in total. The fourth-order valence-electron chi connectivity index (χ4n) is 5.55. The first-order chi connectivity index (χ1) is 17.6. The van der Waals surface area contributed by atoms with E-state index in [4.69, 9.17) is 9.47 Å². The predicted octanol–water partition coefficient (Wildman–Crippen LogP) is 5.61. The van der Waals surface area contributed by atoms with E-state index in [1.54, 1.807) is 6.20 Å². The summed E-state index contributed by atoms with van der Waals surface area (Å²) in [5, 5.41) is 3.88. The number of aromatic nitrogens is 1. The largest absolute Gasteiger partial charge is 0.486 e. The van der Waals surface area contributed by atoms with Crippen LogP contribution in [0.4, 0.5) is 0 Å². The minimum atomic E-state index is 0.00475. The minimum absolute atomic E-state index is 0.00475. The summed E-state index contributed by atoms with van der Waals surface area (Å²) < 4.78 is 12.7. The van der Waals surface area contributed by atoms with Gasteiger partial charge in [0.15, 0.2) is 11.5 Å². The molecule has 6 heteroatoms. The molecule has 0 bridgehead atoms. The van der Waals surface area contributed by atoms with Crippen LogP contribution in [0, 0.1) is 6.92 Å². The van der Waals surface area contributed by atoms with E-state index in [-0.39, 0.29) is 12.0 Å². The number of aryl methyl sites for hydroxylation is 1. The van der Waals surface area contributed by atoms with Crippen LogP contribution in [-0.2, 0) is 4.79 Å². The first-order valence-electron chi connectivity index (χ1n) is 13.3. The molecule has 3 aliphatic rings. The zero-order valence-electron chi connectivity index (χ0n) is 21.4. The Hall–Kier alpha value is -3.12. The van der Waals surface area contributed by atoms with E-state index in [1.807, 2.05) is 31.2 Å². The van der Waals surface area contributed by atoms with Crippen molar-refractivity contribution in [3.63, 3.8) is 0 Å². The summed E-state index contributed by atoms with van der Waals surface area (Å²) in [5.74, 6) is 1.71. The third kappa shape index (κ3) is 5.81. The van der Waals surface area contributed by atoms with Gasteiger partial charge in [0, 0.05) is 42.3 Å². The quantitative estimate of drug-likeness (QED) is 0.574. The number of fused-ring (bicyclic) bond motifs is 3. The van der Waals surface area contributed by atoms with Gasteiger partial charge in [-0.2, -0.15) is 0 Å². The normalized spacial score (nSPS) is 27.8. The number of carbonyl (C=O) groups is 1. The van der Waals surface area contributed by atoms with Crippen LogP contribution in [0.25, 0.3) is 10.9 Å². The zero-order chi connectivity index (χ0) is 24.9. The van der Waals surface area contributed by atoms with Gasteiger partial charge < -0.3 is 14.8 Å². The number of nitrogens with zero attached hydrogens (tertiary/aromatic N) is 2. The molecule has 1 saturated heterocycles. The smallest absolute Gasteiger partial charge is 0.224 e. The lowest BCUT2D eigenvalue weighted by molar-refractivity contribution is -0.120. The highest BCUT2D eigenvalue weighted by Crippen LogP contribution is 2.39. The third-order valence-corrected chi connectivity index (χ3v) is 7.53. The van der Waals surface area contributed by atoms with Crippen LogP contribution in [0.1, 0.15) is 57.6 Å². The van der Waals surface area contributed by atoms with Crippen molar-refractivity contribution in [2.75, 3.05) is 13.2 Å². The minimum Gasteiger partial charge on any atom is -0.486 e. The van der Waals surface area contributed by atoms with E-state index in [1.165, 1.54) is 18.4 Å². The number of likely N-dealkylation sites (tertiary alicyclic amines) is 1. The second-order valence-electron chi connectivity index (χ2n) is 10.2. The van der Waals surface area contributed by atoms with Crippen LogP contribution in [0.2, 0.25) is 0 Å². The Balaban J connectivity index is 1.20. The maximum Gasteiger partial charge on any atom is 0.224 e. The van der Waals surface area contributed by atoms with Crippen molar-refractivity contribution in [2.24, 2.45) is 0 Å². The molecule has 3 aliphatic heterocycles. The number of hydrogen-bond donors (Lipinski definition) is 1. The molecule has 36 heavy (non-hydrogen) atoms. The van der Waals surface area contributed by atoms with E-state index in [0.29, 0.717) is 25.1 Å². The van der Waals surface area contributed by atoms with E-state index < -0.39 is 0 Å². The van der Waals surface area contributed by atoms with Gasteiger partial charge >= 0.3 is 0 Å². The van der Waals surface area contributed by atoms with Crippen molar-refractivity contribution in [3.05, 3.63) is 66.0 Å². The van der Waals surface area contributed by atoms with Crippen molar-refractivity contribution < 1.29 is 14.3 Å². The summed E-state index contributed by atoms with van der Waals surface area (Å²) in [6.45, 7) is 5.79. The second kappa shape index (κ2) is 11.3. The lowest BCUT2D eigenvalue weighted by atomic mass is 10.0. The highest BCUT2D eigenvalue weighted by molar-refractivity contribution is 5.88. The topological polar surface area (TPSA) is 63.7 Å². The number of carbonyl (C=O) groups excluding carboxylic acids is 1. The Morgan fingerprint density at radius 3 is 3.03 bits per heavy atom. The summed E-state index contributed by atoms with van der Waals surface area (Å²) in [7, 11) is 0. The summed E-state index contributed by atoms with van der Waals surface area (Å²) in [4.78, 5) is 19.0. The number of allylic oxidation sites excluding steroid dienone is 5. The fraction of sp³-hybridized carbons (Fsp3) is 0.467. The van der Waals surface area contributed by atoms with Crippen LogP contribution in [0.3, 0.4) is 0 Å². The standard InChI is InChI=1S/C30H37N3O3/c1-21-11-14-26-27(32-21)15-16-28-30(26)36-25(20-35-28)19-33-22(2)12-13-24(33)9-6-8-23-7-4-3-5-10-29(34)31-18-17-23/h3-4,7,11,14-18,22,24-25H,5-6,8-10,12-13,19-20H2,1-2H3,(H,31,34)/b4-3+,18-17+,23-7-/t22?,24?,25-/m0/s1. The molecule has 1 fully saturated rings. The number of rotatable bonds is 6. The molecule has 5 rings (SSSR count). The molecule has 4 heterocycles. The van der Waals surface area contributed by atoms with Gasteiger partial charge in [-0.15, -0.1) is 0 Å². The number of ether oxygens (including phenoxy) is 2. The number of nitrogens with one attached hydrogen (secondary N) is 1. The van der Waals surface area contributed by atoms with Crippen molar-refractivity contribution in [3.8, 4) is 11.5 Å². The molecule has 1 N–H and O–H groups in total. The lowest BCUT2D eigenvalue weighted by Gasteiger charge is -2.34. The monoisotopic (exact) mass is 487 g/mol. The van der Waals surface area contributed by atoms with Gasteiger partial charge in [-0.25, -0.2) is 0 Å². The molecule has 1 aromatic carbocycles. The Labute approximate surface area is 214 Å². The number of amides is 1. The van der Waals surface area contributed by atoms with Gasteiger partial charge in [0.1, 0.15) is 12.7 Å². The number of hydrogen-bond acceptors (Lipinski definition) is 5. The molecule has 0 spiro atoms. The van der Waals surface area contributed by atoms with Gasteiger partial charge in [-0.3, -0.25) is 14.7 Å². The molecular formula is C30H37N3O3. The van der Waals surface area contributed by atoms with E-state index in [0.717, 1.165) is 60.3 Å². The first-order valence-corrected chi connectivity index (χ1v) is 13.3. The van der Waals surface area contributed by atoms with Gasteiger partial charge in [0.2, 0.25) is 5.91 Å². The van der Waals surface area contributed by atoms with Gasteiger partial charge in [0.25, 0.3) is 0 Å². The highest BCUT2D eigenvalue weighted by Gasteiger charge is 2.34. The molecule has 0 radical (unpaired) electrons. The maximum absolute atomic E-state index is 11.7. The number of benzene rings is 1. The van der Waals surface area contributed by atoms with Crippen LogP contribution in [0.15, 0.2) is 60.3 Å². The molecule has 0 saturated carbocycles. The molecular weight excluding hydrogens is 450 g/mol. The van der Waals surface area contributed by atoms with Crippen molar-refractivity contribution >= 4 is 16.8 Å². The first kappa shape index (κ1) is 24.6. The SMILES string of the molecule is Cc1ccc2c3c(ccc2n1)OC[C@H](CN1C(C)CCC1CCCC1=C/C=C/CCC(=O)N\C=C\1)O3. The maximum atomic E-state index is 11.7. The van der Waals surface area contributed by atoms with E-state index in [9.17, 15) is 4.79 Å². The Morgan fingerprint density at radius 2 is 2.11 bits per heavy atom. The Morgan fingerprint density at radius 1 is 1.19 bits per heavy atom. The van der Waals surface area contributed by atoms with Crippen LogP contribution < -0.4 is 14.8 Å². The van der Waals surface area contributed by atoms with Gasteiger partial charge in [-0.1, -0.05) is 18.2 Å². The summed E-state index contributed by atoms with van der Waals surface area (Å²) in [5.41, 5.74) is 3.20. The zero-order valence-corrected chi connectivity index (χ0v) is 21.4. The Kier molecular flexibility index (Phi) is 7.71. The van der Waals surface area contributed by atoms with Gasteiger partial charge in [-0.05, 0) is 88.3 Å². The highest BCUT2D eigenvalue weighted by atomic mass is 16.6. The average molecular weight is 488 g/mol. The van der Waals surface area contributed by atoms with Crippen LogP contribution in [0.5, 0.6) is 11.5 Å². The van der Waals surface area contributed by atoms with E-state index >= 15 is 0 Å². The summed E-state index contributed by atoms with van der Waals surface area (Å²) in [6.07, 6.45) is 17.2. The second-order valence-corrected chi connectivity index (χ2v) is 10.2. The number of pyridine rings is 1. The summed E-state index contributed by atoms with van der Waals surface area (Å²) >= 11 is 0. The van der Waals surface area contributed by atoms with Crippen molar-refractivity contribution in [1.82, 2.24) is 15.2 Å². The summed E-state index contributed by atoms with van der Waals surface area (Å²) in [6, 6.07) is 9.21. The van der Waals surface area contributed by atoms with Crippen molar-refractivity contribution in [2.45, 2.75) is 77.0 Å². The third-order valence-electron chi connectivity index (χ3n) is 7.53. The van der Waals surface area contributed by atoms with Crippen LogP contribution >= 0.6 is 0 Å². The predicted molar refractivity (Wildman–Crippen MR) is 143 cm³/mol. The molecule has 190 valence electrons. The lowest BCUT2D eigenvalue weighted by Crippen LogP contribution is -2.45.